The van der Waals surface area contributed by atoms with E-state index in [1.807, 2.05) is 0 Å². The summed E-state index contributed by atoms with van der Waals surface area (Å²) < 4.78 is 43.7. The number of sulfonamides is 1. The van der Waals surface area contributed by atoms with Crippen LogP contribution < -0.4 is 10.5 Å². The molecule has 18 heavy (non-hydrogen) atoms. The van der Waals surface area contributed by atoms with Gasteiger partial charge in [0.25, 0.3) is 10.0 Å². The van der Waals surface area contributed by atoms with Gasteiger partial charge < -0.3 is 10.2 Å². The second kappa shape index (κ2) is 4.30. The minimum absolute atomic E-state index is 0.157. The lowest BCUT2D eigenvalue weighted by molar-refractivity contribution is 0.569. The van der Waals surface area contributed by atoms with E-state index in [-0.39, 0.29) is 16.6 Å². The van der Waals surface area contributed by atoms with Gasteiger partial charge in [0.2, 0.25) is 0 Å². The van der Waals surface area contributed by atoms with Crippen molar-refractivity contribution >= 4 is 21.7 Å². The van der Waals surface area contributed by atoms with E-state index in [1.54, 1.807) is 6.92 Å². The average molecular weight is 271 g/mol. The van der Waals surface area contributed by atoms with Crippen molar-refractivity contribution in [2.75, 3.05) is 10.5 Å². The Morgan fingerprint density at radius 1 is 1.44 bits per heavy atom. The molecular weight excluding hydrogens is 261 g/mol. The molecule has 6 nitrogen and oxygen atoms in total. The maximum Gasteiger partial charge on any atom is 0.309 e. The van der Waals surface area contributed by atoms with E-state index < -0.39 is 15.8 Å². The summed E-state index contributed by atoms with van der Waals surface area (Å²) >= 11 is 0. The summed E-state index contributed by atoms with van der Waals surface area (Å²) in [6.07, 6.45) is 1.30. The van der Waals surface area contributed by atoms with Gasteiger partial charge in [0, 0.05) is 0 Å². The number of benzene rings is 1. The summed E-state index contributed by atoms with van der Waals surface area (Å²) in [7, 11) is -3.89. The summed E-state index contributed by atoms with van der Waals surface area (Å²) in [5.74, 6) is -0.680. The van der Waals surface area contributed by atoms with Gasteiger partial charge in [-0.05, 0) is 25.1 Å². The van der Waals surface area contributed by atoms with Crippen LogP contribution in [0.1, 0.15) is 5.69 Å². The number of hydrogen-bond acceptors (Lipinski definition) is 5. The molecule has 0 aliphatic rings. The largest absolute Gasteiger partial charge is 0.431 e. The molecule has 0 fully saturated rings. The van der Waals surface area contributed by atoms with Crippen LogP contribution in [0.5, 0.6) is 0 Å². The molecule has 0 aliphatic heterocycles. The van der Waals surface area contributed by atoms with Gasteiger partial charge in [0.15, 0.2) is 0 Å². The van der Waals surface area contributed by atoms with Crippen molar-refractivity contribution in [1.82, 2.24) is 4.98 Å². The monoisotopic (exact) mass is 271 g/mol. The minimum Gasteiger partial charge on any atom is -0.431 e. The van der Waals surface area contributed by atoms with Crippen molar-refractivity contribution in [3.05, 3.63) is 36.0 Å². The zero-order chi connectivity index (χ0) is 13.3. The molecule has 1 aromatic carbocycles. The summed E-state index contributed by atoms with van der Waals surface area (Å²) in [5, 5.41) is 0. The normalized spacial score (nSPS) is 11.4. The summed E-state index contributed by atoms with van der Waals surface area (Å²) in [4.78, 5) is 3.63. The van der Waals surface area contributed by atoms with Crippen LogP contribution in [0.25, 0.3) is 0 Å². The first-order valence-electron chi connectivity index (χ1n) is 4.88. The molecule has 0 saturated heterocycles. The van der Waals surface area contributed by atoms with E-state index in [4.69, 9.17) is 10.2 Å². The van der Waals surface area contributed by atoms with E-state index in [9.17, 15) is 12.8 Å². The molecule has 0 atom stereocenters. The van der Waals surface area contributed by atoms with Crippen molar-refractivity contribution in [3.8, 4) is 0 Å². The Labute approximate surface area is 103 Å². The molecule has 0 aliphatic carbocycles. The Bertz CT molecular complexity index is 681. The van der Waals surface area contributed by atoms with Crippen LogP contribution in [0.3, 0.4) is 0 Å². The van der Waals surface area contributed by atoms with Gasteiger partial charge in [0.1, 0.15) is 12.1 Å². The van der Waals surface area contributed by atoms with Gasteiger partial charge in [-0.15, -0.1) is 0 Å². The van der Waals surface area contributed by atoms with Gasteiger partial charge >= 0.3 is 6.01 Å². The number of anilines is 2. The van der Waals surface area contributed by atoms with Crippen molar-refractivity contribution in [2.45, 2.75) is 11.8 Å². The highest BCUT2D eigenvalue weighted by Gasteiger charge is 2.18. The fourth-order valence-electron chi connectivity index (χ4n) is 1.26. The fourth-order valence-corrected chi connectivity index (χ4v) is 2.23. The lowest BCUT2D eigenvalue weighted by atomic mass is 10.3. The molecule has 3 N–H and O–H groups in total. The highest BCUT2D eigenvalue weighted by molar-refractivity contribution is 7.92. The van der Waals surface area contributed by atoms with E-state index in [0.29, 0.717) is 5.69 Å². The SMILES string of the molecule is Cc1coc(NS(=O)(=O)c2ccc(F)c(N)c2)n1. The number of rotatable bonds is 3. The Kier molecular flexibility index (Phi) is 2.95. The van der Waals surface area contributed by atoms with Crippen LogP contribution in [0.2, 0.25) is 0 Å². The number of nitrogen functional groups attached to an aromatic ring is 1. The first-order chi connectivity index (χ1) is 8.38. The molecule has 1 heterocycles. The van der Waals surface area contributed by atoms with E-state index in [1.165, 1.54) is 6.26 Å². The van der Waals surface area contributed by atoms with Gasteiger partial charge in [-0.25, -0.2) is 17.5 Å². The topological polar surface area (TPSA) is 98.2 Å². The maximum absolute atomic E-state index is 12.9. The predicted octanol–water partition coefficient (Wildman–Crippen LogP) is 1.51. The molecule has 0 spiro atoms. The van der Waals surface area contributed by atoms with E-state index >= 15 is 0 Å². The molecule has 2 rings (SSSR count). The quantitative estimate of drug-likeness (QED) is 0.824. The molecule has 0 amide bonds. The molecule has 2 aromatic rings. The molecule has 0 bridgehead atoms. The van der Waals surface area contributed by atoms with Crippen molar-refractivity contribution in [1.29, 1.82) is 0 Å². The number of nitrogens with two attached hydrogens (primary N) is 1. The third-order valence-corrected chi connectivity index (χ3v) is 3.44. The van der Waals surface area contributed by atoms with Gasteiger partial charge in [0.05, 0.1) is 16.3 Å². The highest BCUT2D eigenvalue weighted by atomic mass is 32.2. The Morgan fingerprint density at radius 2 is 2.17 bits per heavy atom. The van der Waals surface area contributed by atoms with Gasteiger partial charge in [-0.1, -0.05) is 0 Å². The highest BCUT2D eigenvalue weighted by Crippen LogP contribution is 2.19. The van der Waals surface area contributed by atoms with Crippen LogP contribution >= 0.6 is 0 Å². The molecule has 8 heteroatoms. The number of hydrogen-bond donors (Lipinski definition) is 2. The smallest absolute Gasteiger partial charge is 0.309 e. The summed E-state index contributed by atoms with van der Waals surface area (Å²) in [6, 6.07) is 2.94. The van der Waals surface area contributed by atoms with Gasteiger partial charge in [-0.3, -0.25) is 0 Å². The second-order valence-electron chi connectivity index (χ2n) is 3.58. The lowest BCUT2D eigenvalue weighted by Gasteiger charge is -2.05. The van der Waals surface area contributed by atoms with Crippen LogP contribution in [-0.4, -0.2) is 13.4 Å². The van der Waals surface area contributed by atoms with Crippen LogP contribution in [0, 0.1) is 12.7 Å². The second-order valence-corrected chi connectivity index (χ2v) is 5.27. The average Bonchev–Trinajstić information content (AvgIpc) is 2.67. The number of nitrogens with zero attached hydrogens (tertiary/aromatic N) is 1. The number of aromatic nitrogens is 1. The standard InChI is InChI=1S/C10H10FN3O3S/c1-6-5-17-10(13-6)14-18(15,16)7-2-3-8(11)9(12)4-7/h2-5H,12H2,1H3,(H,13,14). The Balaban J connectivity index is 2.33. The van der Waals surface area contributed by atoms with Gasteiger partial charge in [-0.2, -0.15) is 4.98 Å². The molecule has 1 aromatic heterocycles. The summed E-state index contributed by atoms with van der Waals surface area (Å²) in [6.45, 7) is 1.65. The number of nitrogens with one attached hydrogen (secondary N) is 1. The Morgan fingerprint density at radius 3 is 2.72 bits per heavy atom. The molecule has 0 radical (unpaired) electrons. The molecule has 96 valence electrons. The number of aryl methyl sites for hydroxylation is 1. The zero-order valence-corrected chi connectivity index (χ0v) is 10.2. The molecular formula is C10H10FN3O3S. The Hall–Kier alpha value is -2.09. The first kappa shape index (κ1) is 12.4. The van der Waals surface area contributed by atoms with Crippen molar-refractivity contribution in [3.63, 3.8) is 0 Å². The number of oxazole rings is 1. The van der Waals surface area contributed by atoms with Crippen LogP contribution in [-0.2, 0) is 10.0 Å². The lowest BCUT2D eigenvalue weighted by Crippen LogP contribution is -2.13. The third-order valence-electron chi connectivity index (χ3n) is 2.12. The predicted molar refractivity (Wildman–Crippen MR) is 62.9 cm³/mol. The van der Waals surface area contributed by atoms with Crippen molar-refractivity contribution in [2.24, 2.45) is 0 Å². The first-order valence-corrected chi connectivity index (χ1v) is 6.37. The fraction of sp³-hybridized carbons (Fsp3) is 0.100. The zero-order valence-electron chi connectivity index (χ0n) is 9.34. The maximum atomic E-state index is 12.9. The van der Waals surface area contributed by atoms with E-state index in [2.05, 4.69) is 9.71 Å². The summed E-state index contributed by atoms with van der Waals surface area (Å²) in [5.41, 5.74) is 5.59. The molecule has 0 unspecified atom stereocenters. The molecule has 0 saturated carbocycles. The minimum atomic E-state index is -3.89. The number of halogens is 1. The van der Waals surface area contributed by atoms with Crippen molar-refractivity contribution < 1.29 is 17.2 Å². The van der Waals surface area contributed by atoms with E-state index in [0.717, 1.165) is 18.2 Å². The van der Waals surface area contributed by atoms with Crippen LogP contribution in [0.4, 0.5) is 16.1 Å². The van der Waals surface area contributed by atoms with Crippen LogP contribution in [0.15, 0.2) is 33.8 Å². The third kappa shape index (κ3) is 2.43.